The summed E-state index contributed by atoms with van der Waals surface area (Å²) in [4.78, 5) is 11.7. The monoisotopic (exact) mass is 296 g/mol. The summed E-state index contributed by atoms with van der Waals surface area (Å²) in [6.07, 6.45) is 1.33. The largest absolute Gasteiger partial charge is 0.508 e. The van der Waals surface area contributed by atoms with Gasteiger partial charge in [0.15, 0.2) is 0 Å². The van der Waals surface area contributed by atoms with E-state index in [1.54, 1.807) is 12.1 Å². The SMILES string of the molecule is O=C(O)/C(=C\c1ccc(O)cc1O)c1ccc(Cl)s1. The van der Waals surface area contributed by atoms with Gasteiger partial charge in [-0.25, -0.2) is 4.79 Å². The third kappa shape index (κ3) is 3.07. The molecule has 0 bridgehead atoms. The van der Waals surface area contributed by atoms with Crippen LogP contribution >= 0.6 is 22.9 Å². The van der Waals surface area contributed by atoms with E-state index in [2.05, 4.69) is 0 Å². The highest BCUT2D eigenvalue weighted by atomic mass is 35.5. The van der Waals surface area contributed by atoms with Gasteiger partial charge < -0.3 is 15.3 Å². The van der Waals surface area contributed by atoms with Gasteiger partial charge >= 0.3 is 5.97 Å². The molecule has 0 amide bonds. The molecule has 0 fully saturated rings. The van der Waals surface area contributed by atoms with E-state index < -0.39 is 5.97 Å². The van der Waals surface area contributed by atoms with Crippen molar-refractivity contribution in [3.63, 3.8) is 0 Å². The van der Waals surface area contributed by atoms with Crippen molar-refractivity contribution in [1.82, 2.24) is 0 Å². The lowest BCUT2D eigenvalue weighted by Crippen LogP contribution is -1.97. The molecule has 2 aromatic rings. The van der Waals surface area contributed by atoms with Crippen LogP contribution in [0.1, 0.15) is 10.4 Å². The zero-order valence-corrected chi connectivity index (χ0v) is 11.1. The number of carboxylic acid groups (broad SMARTS) is 1. The van der Waals surface area contributed by atoms with Crippen LogP contribution in [0.3, 0.4) is 0 Å². The first kappa shape index (κ1) is 13.5. The van der Waals surface area contributed by atoms with Crippen molar-refractivity contribution in [2.75, 3.05) is 0 Å². The van der Waals surface area contributed by atoms with Crippen LogP contribution in [0.2, 0.25) is 4.34 Å². The maximum atomic E-state index is 11.3. The predicted molar refractivity (Wildman–Crippen MR) is 74.6 cm³/mol. The number of thiophene rings is 1. The molecule has 4 nitrogen and oxygen atoms in total. The van der Waals surface area contributed by atoms with Crippen molar-refractivity contribution >= 4 is 40.6 Å². The van der Waals surface area contributed by atoms with Crippen molar-refractivity contribution in [3.05, 3.63) is 45.1 Å². The van der Waals surface area contributed by atoms with Gasteiger partial charge in [0.2, 0.25) is 0 Å². The predicted octanol–water partition coefficient (Wildman–Crippen LogP) is 3.44. The van der Waals surface area contributed by atoms with E-state index in [1.807, 2.05) is 0 Å². The van der Waals surface area contributed by atoms with Crippen LogP contribution in [0.4, 0.5) is 0 Å². The van der Waals surface area contributed by atoms with Gasteiger partial charge in [-0.2, -0.15) is 0 Å². The molecular formula is C13H9ClO4S. The molecule has 0 atom stereocenters. The average molecular weight is 297 g/mol. The molecule has 0 saturated carbocycles. The summed E-state index contributed by atoms with van der Waals surface area (Å²) in [5, 5.41) is 28.0. The van der Waals surface area contributed by atoms with Crippen LogP contribution in [0.5, 0.6) is 11.5 Å². The summed E-state index contributed by atoms with van der Waals surface area (Å²) in [6, 6.07) is 7.15. The Morgan fingerprint density at radius 1 is 1.21 bits per heavy atom. The fourth-order valence-electron chi connectivity index (χ4n) is 1.51. The molecule has 1 aromatic heterocycles. The summed E-state index contributed by atoms with van der Waals surface area (Å²) in [6.45, 7) is 0. The number of aliphatic carboxylic acids is 1. The summed E-state index contributed by atoms with van der Waals surface area (Å²) in [7, 11) is 0. The molecule has 0 radical (unpaired) electrons. The number of halogens is 1. The second-order valence-corrected chi connectivity index (χ2v) is 5.43. The third-order valence-electron chi connectivity index (χ3n) is 2.38. The molecular weight excluding hydrogens is 288 g/mol. The number of hydrogen-bond donors (Lipinski definition) is 3. The highest BCUT2D eigenvalue weighted by Crippen LogP contribution is 2.31. The molecule has 0 saturated heterocycles. The van der Waals surface area contributed by atoms with Gasteiger partial charge in [0, 0.05) is 16.5 Å². The summed E-state index contributed by atoms with van der Waals surface area (Å²) in [5.41, 5.74) is 0.331. The first-order chi connectivity index (χ1) is 8.97. The van der Waals surface area contributed by atoms with Gasteiger partial charge in [0.05, 0.1) is 9.91 Å². The standard InChI is InChI=1S/C13H9ClO4S/c14-12-4-3-11(19-12)9(13(17)18)5-7-1-2-8(15)6-10(7)16/h1-6,15-16H,(H,17,18)/b9-5-. The van der Waals surface area contributed by atoms with Crippen molar-refractivity contribution in [2.45, 2.75) is 0 Å². The number of benzene rings is 1. The van der Waals surface area contributed by atoms with Gasteiger partial charge in [0.1, 0.15) is 11.5 Å². The number of carboxylic acids is 1. The zero-order valence-electron chi connectivity index (χ0n) is 9.50. The fourth-order valence-corrected chi connectivity index (χ4v) is 2.56. The lowest BCUT2D eigenvalue weighted by molar-refractivity contribution is -0.130. The van der Waals surface area contributed by atoms with Crippen LogP contribution < -0.4 is 0 Å². The van der Waals surface area contributed by atoms with Crippen molar-refractivity contribution in [3.8, 4) is 11.5 Å². The average Bonchev–Trinajstić information content (AvgIpc) is 2.74. The summed E-state index contributed by atoms with van der Waals surface area (Å²) >= 11 is 6.92. The van der Waals surface area contributed by atoms with Crippen molar-refractivity contribution in [1.29, 1.82) is 0 Å². The van der Waals surface area contributed by atoms with E-state index >= 15 is 0 Å². The Balaban J connectivity index is 2.50. The first-order valence-electron chi connectivity index (χ1n) is 5.20. The van der Waals surface area contributed by atoms with Crippen molar-refractivity contribution in [2.24, 2.45) is 0 Å². The van der Waals surface area contributed by atoms with Gasteiger partial charge in [0.25, 0.3) is 0 Å². The molecule has 19 heavy (non-hydrogen) atoms. The van der Waals surface area contributed by atoms with E-state index in [1.165, 1.54) is 18.2 Å². The second-order valence-electron chi connectivity index (χ2n) is 3.71. The smallest absolute Gasteiger partial charge is 0.337 e. The molecule has 0 aliphatic carbocycles. The molecule has 0 aliphatic rings. The third-order valence-corrected chi connectivity index (χ3v) is 3.65. The molecule has 1 heterocycles. The second kappa shape index (κ2) is 5.34. The van der Waals surface area contributed by atoms with E-state index in [4.69, 9.17) is 11.6 Å². The molecule has 0 spiro atoms. The Morgan fingerprint density at radius 3 is 2.47 bits per heavy atom. The maximum Gasteiger partial charge on any atom is 0.337 e. The lowest BCUT2D eigenvalue weighted by atomic mass is 10.1. The number of phenolic OH excluding ortho intramolecular Hbond substituents is 2. The molecule has 3 N–H and O–H groups in total. The topological polar surface area (TPSA) is 77.8 Å². The molecule has 1 aromatic carbocycles. The Kier molecular flexibility index (Phi) is 3.78. The van der Waals surface area contributed by atoms with Crippen molar-refractivity contribution < 1.29 is 20.1 Å². The Morgan fingerprint density at radius 2 is 1.95 bits per heavy atom. The van der Waals surface area contributed by atoms with E-state index in [-0.39, 0.29) is 17.1 Å². The van der Waals surface area contributed by atoms with Crippen LogP contribution in [-0.2, 0) is 4.79 Å². The van der Waals surface area contributed by atoms with E-state index in [0.717, 1.165) is 17.4 Å². The molecule has 6 heteroatoms. The molecule has 98 valence electrons. The van der Waals surface area contributed by atoms with E-state index in [9.17, 15) is 20.1 Å². The molecule has 2 rings (SSSR count). The summed E-state index contributed by atoms with van der Waals surface area (Å²) < 4.78 is 0.483. The highest BCUT2D eigenvalue weighted by Gasteiger charge is 2.14. The Hall–Kier alpha value is -1.98. The Bertz CT molecular complexity index is 660. The highest BCUT2D eigenvalue weighted by molar-refractivity contribution is 7.17. The zero-order chi connectivity index (χ0) is 14.0. The van der Waals surface area contributed by atoms with Gasteiger partial charge in [-0.15, -0.1) is 11.3 Å². The minimum atomic E-state index is -1.12. The van der Waals surface area contributed by atoms with E-state index in [0.29, 0.717) is 14.8 Å². The van der Waals surface area contributed by atoms with Crippen LogP contribution in [0, 0.1) is 0 Å². The first-order valence-corrected chi connectivity index (χ1v) is 6.39. The van der Waals surface area contributed by atoms with Gasteiger partial charge in [-0.1, -0.05) is 11.6 Å². The van der Waals surface area contributed by atoms with Crippen LogP contribution in [0.25, 0.3) is 11.6 Å². The van der Waals surface area contributed by atoms with Gasteiger partial charge in [-0.05, 0) is 30.3 Å². The quantitative estimate of drug-likeness (QED) is 0.758. The number of aromatic hydroxyl groups is 2. The number of carbonyl (C=O) groups is 1. The maximum absolute atomic E-state index is 11.3. The number of rotatable bonds is 3. The lowest BCUT2D eigenvalue weighted by Gasteiger charge is -2.03. The fraction of sp³-hybridized carbons (Fsp3) is 0. The van der Waals surface area contributed by atoms with Gasteiger partial charge in [-0.3, -0.25) is 0 Å². The minimum absolute atomic E-state index is 0.0258. The summed E-state index contributed by atoms with van der Waals surface area (Å²) in [5.74, 6) is -1.40. The van der Waals surface area contributed by atoms with Crippen LogP contribution in [0.15, 0.2) is 30.3 Å². The normalized spacial score (nSPS) is 11.5. The number of hydrogen-bond acceptors (Lipinski definition) is 4. The molecule has 0 unspecified atom stereocenters. The Labute approximate surface area is 117 Å². The van der Waals surface area contributed by atoms with Crippen LogP contribution in [-0.4, -0.2) is 21.3 Å². The minimum Gasteiger partial charge on any atom is -0.508 e. The molecule has 0 aliphatic heterocycles. The number of phenols is 2.